The van der Waals surface area contributed by atoms with Crippen LogP contribution in [0.15, 0.2) is 52.6 Å². The molecule has 0 atom stereocenters. The average molecular weight is 326 g/mol. The van der Waals surface area contributed by atoms with Crippen molar-refractivity contribution in [2.75, 3.05) is 6.54 Å². The molecule has 0 fully saturated rings. The Morgan fingerprint density at radius 3 is 2.50 bits per heavy atom. The number of nitrogens with one attached hydrogen (secondary N) is 2. The molecule has 0 radical (unpaired) electrons. The van der Waals surface area contributed by atoms with Crippen LogP contribution in [0.5, 0.6) is 0 Å². The van der Waals surface area contributed by atoms with Gasteiger partial charge in [0, 0.05) is 18.2 Å². The highest BCUT2D eigenvalue weighted by Gasteiger charge is 2.14. The van der Waals surface area contributed by atoms with Gasteiger partial charge in [0.15, 0.2) is 0 Å². The van der Waals surface area contributed by atoms with Gasteiger partial charge in [-0.05, 0) is 37.6 Å². The standard InChI is InChI=1S/C19H22N2O3/c1-3-4-12-20-19(23)17(13-16-11-10-14(2)24-16)21-18(22)15-8-6-5-7-9-15/h5-11,13H,3-4,12H2,1-2H3,(H,20,23)(H,21,22). The van der Waals surface area contributed by atoms with E-state index in [1.54, 1.807) is 36.4 Å². The van der Waals surface area contributed by atoms with Crippen LogP contribution in [0.4, 0.5) is 0 Å². The van der Waals surface area contributed by atoms with Crippen LogP contribution in [0.25, 0.3) is 6.08 Å². The Balaban J connectivity index is 2.17. The molecule has 5 nitrogen and oxygen atoms in total. The topological polar surface area (TPSA) is 71.3 Å². The van der Waals surface area contributed by atoms with E-state index < -0.39 is 0 Å². The molecule has 0 aliphatic rings. The van der Waals surface area contributed by atoms with E-state index in [1.807, 2.05) is 19.9 Å². The summed E-state index contributed by atoms with van der Waals surface area (Å²) in [6.45, 7) is 4.43. The van der Waals surface area contributed by atoms with Crippen LogP contribution in [0.2, 0.25) is 0 Å². The summed E-state index contributed by atoms with van der Waals surface area (Å²) in [7, 11) is 0. The van der Waals surface area contributed by atoms with E-state index >= 15 is 0 Å². The van der Waals surface area contributed by atoms with E-state index in [1.165, 1.54) is 6.08 Å². The lowest BCUT2D eigenvalue weighted by atomic mass is 10.2. The van der Waals surface area contributed by atoms with E-state index in [0.717, 1.165) is 18.6 Å². The van der Waals surface area contributed by atoms with Gasteiger partial charge in [-0.1, -0.05) is 31.5 Å². The first kappa shape index (κ1) is 17.5. The number of aryl methyl sites for hydroxylation is 1. The molecule has 24 heavy (non-hydrogen) atoms. The Kier molecular flexibility index (Phi) is 6.37. The molecule has 2 N–H and O–H groups in total. The van der Waals surface area contributed by atoms with Crippen molar-refractivity contribution in [1.82, 2.24) is 10.6 Å². The molecular formula is C19H22N2O3. The molecule has 0 saturated carbocycles. The zero-order chi connectivity index (χ0) is 17.4. The zero-order valence-corrected chi connectivity index (χ0v) is 14.0. The van der Waals surface area contributed by atoms with E-state index in [4.69, 9.17) is 4.42 Å². The molecule has 1 aromatic heterocycles. The summed E-state index contributed by atoms with van der Waals surface area (Å²) in [6.07, 6.45) is 3.40. The van der Waals surface area contributed by atoms with E-state index in [2.05, 4.69) is 10.6 Å². The third-order valence-corrected chi connectivity index (χ3v) is 3.39. The van der Waals surface area contributed by atoms with Crippen molar-refractivity contribution in [1.29, 1.82) is 0 Å². The number of amides is 2. The molecule has 1 heterocycles. The summed E-state index contributed by atoms with van der Waals surface area (Å²) >= 11 is 0. The Morgan fingerprint density at radius 2 is 1.88 bits per heavy atom. The number of benzene rings is 1. The number of unbranched alkanes of at least 4 members (excludes halogenated alkanes) is 1. The lowest BCUT2D eigenvalue weighted by Crippen LogP contribution is -2.35. The summed E-state index contributed by atoms with van der Waals surface area (Å²) in [5.74, 6) is 0.584. The average Bonchev–Trinajstić information content (AvgIpc) is 3.00. The van der Waals surface area contributed by atoms with Crippen LogP contribution >= 0.6 is 0 Å². The first-order valence-electron chi connectivity index (χ1n) is 8.03. The normalized spacial score (nSPS) is 11.2. The Morgan fingerprint density at radius 1 is 1.12 bits per heavy atom. The van der Waals surface area contributed by atoms with Crippen LogP contribution in [-0.4, -0.2) is 18.4 Å². The zero-order valence-electron chi connectivity index (χ0n) is 14.0. The molecule has 0 saturated heterocycles. The number of carbonyl (C=O) groups is 2. The molecule has 2 amide bonds. The molecule has 126 valence electrons. The third-order valence-electron chi connectivity index (χ3n) is 3.39. The van der Waals surface area contributed by atoms with Crippen LogP contribution in [-0.2, 0) is 4.79 Å². The van der Waals surface area contributed by atoms with Crippen LogP contribution < -0.4 is 10.6 Å². The van der Waals surface area contributed by atoms with E-state index in [0.29, 0.717) is 17.9 Å². The van der Waals surface area contributed by atoms with E-state index in [9.17, 15) is 9.59 Å². The van der Waals surface area contributed by atoms with Crippen molar-refractivity contribution in [3.8, 4) is 0 Å². The molecule has 0 aliphatic heterocycles. The van der Waals surface area contributed by atoms with Crippen LogP contribution in [0.3, 0.4) is 0 Å². The fourth-order valence-corrected chi connectivity index (χ4v) is 2.09. The summed E-state index contributed by atoms with van der Waals surface area (Å²) in [4.78, 5) is 24.7. The largest absolute Gasteiger partial charge is 0.462 e. The van der Waals surface area contributed by atoms with Crippen molar-refractivity contribution in [2.45, 2.75) is 26.7 Å². The van der Waals surface area contributed by atoms with Gasteiger partial charge in [-0.15, -0.1) is 0 Å². The summed E-state index contributed by atoms with van der Waals surface area (Å²) in [5, 5.41) is 5.47. The maximum Gasteiger partial charge on any atom is 0.267 e. The molecular weight excluding hydrogens is 304 g/mol. The van der Waals surface area contributed by atoms with Crippen molar-refractivity contribution in [3.63, 3.8) is 0 Å². The van der Waals surface area contributed by atoms with Gasteiger partial charge >= 0.3 is 0 Å². The lowest BCUT2D eigenvalue weighted by Gasteiger charge is -2.10. The minimum absolute atomic E-state index is 0.161. The summed E-state index contributed by atoms with van der Waals surface area (Å²) in [5.41, 5.74) is 0.648. The molecule has 0 bridgehead atoms. The van der Waals surface area contributed by atoms with Crippen molar-refractivity contribution in [3.05, 3.63) is 65.2 Å². The first-order chi connectivity index (χ1) is 11.6. The van der Waals surface area contributed by atoms with Gasteiger partial charge in [-0.3, -0.25) is 9.59 Å². The quantitative estimate of drug-likeness (QED) is 0.606. The van der Waals surface area contributed by atoms with Gasteiger partial charge in [-0.25, -0.2) is 0 Å². The molecule has 5 heteroatoms. The van der Waals surface area contributed by atoms with Gasteiger partial charge in [0.05, 0.1) is 0 Å². The molecule has 2 rings (SSSR count). The van der Waals surface area contributed by atoms with Gasteiger partial charge in [0.1, 0.15) is 17.2 Å². The molecule has 0 unspecified atom stereocenters. The summed E-state index contributed by atoms with van der Waals surface area (Å²) < 4.78 is 5.47. The molecule has 0 spiro atoms. The van der Waals surface area contributed by atoms with Crippen molar-refractivity contribution < 1.29 is 14.0 Å². The number of hydrogen-bond donors (Lipinski definition) is 2. The fourth-order valence-electron chi connectivity index (χ4n) is 2.09. The second-order valence-electron chi connectivity index (χ2n) is 5.44. The third kappa shape index (κ3) is 5.12. The highest BCUT2D eigenvalue weighted by Crippen LogP contribution is 2.11. The molecule has 1 aromatic carbocycles. The van der Waals surface area contributed by atoms with Gasteiger partial charge in [0.2, 0.25) is 0 Å². The maximum absolute atomic E-state index is 12.4. The monoisotopic (exact) mass is 326 g/mol. The molecule has 2 aromatic rings. The number of furan rings is 1. The van der Waals surface area contributed by atoms with Gasteiger partial charge in [-0.2, -0.15) is 0 Å². The maximum atomic E-state index is 12.4. The molecule has 0 aliphatic carbocycles. The number of carbonyl (C=O) groups excluding carboxylic acids is 2. The fraction of sp³-hybridized carbons (Fsp3) is 0.263. The van der Waals surface area contributed by atoms with Gasteiger partial charge in [0.25, 0.3) is 11.8 Å². The Labute approximate surface area is 141 Å². The minimum Gasteiger partial charge on any atom is -0.462 e. The highest BCUT2D eigenvalue weighted by molar-refractivity contribution is 6.05. The van der Waals surface area contributed by atoms with Crippen LogP contribution in [0.1, 0.15) is 41.6 Å². The highest BCUT2D eigenvalue weighted by atomic mass is 16.3. The predicted octanol–water partition coefficient (Wildman–Crippen LogP) is 3.28. The van der Waals surface area contributed by atoms with E-state index in [-0.39, 0.29) is 17.5 Å². The smallest absolute Gasteiger partial charge is 0.267 e. The second kappa shape index (κ2) is 8.72. The predicted molar refractivity (Wildman–Crippen MR) is 93.2 cm³/mol. The lowest BCUT2D eigenvalue weighted by molar-refractivity contribution is -0.117. The van der Waals surface area contributed by atoms with Crippen molar-refractivity contribution >= 4 is 17.9 Å². The second-order valence-corrected chi connectivity index (χ2v) is 5.44. The van der Waals surface area contributed by atoms with Gasteiger partial charge < -0.3 is 15.1 Å². The van der Waals surface area contributed by atoms with Crippen molar-refractivity contribution in [2.24, 2.45) is 0 Å². The number of rotatable bonds is 7. The summed E-state index contributed by atoms with van der Waals surface area (Å²) in [6, 6.07) is 12.3. The minimum atomic E-state index is -0.337. The Bertz CT molecular complexity index is 717. The SMILES string of the molecule is CCCCNC(=O)C(=Cc1ccc(C)o1)NC(=O)c1ccccc1. The number of hydrogen-bond acceptors (Lipinski definition) is 3. The Hall–Kier alpha value is -2.82. The first-order valence-corrected chi connectivity index (χ1v) is 8.03. The van der Waals surface area contributed by atoms with Crippen LogP contribution in [0, 0.1) is 6.92 Å².